The van der Waals surface area contributed by atoms with Crippen molar-refractivity contribution in [3.8, 4) is 0 Å². The first-order valence-electron chi connectivity index (χ1n) is 8.88. The van der Waals surface area contributed by atoms with E-state index in [2.05, 4.69) is 15.6 Å². The van der Waals surface area contributed by atoms with Gasteiger partial charge in [0.2, 0.25) is 0 Å². The fourth-order valence-corrected chi connectivity index (χ4v) is 3.93. The summed E-state index contributed by atoms with van der Waals surface area (Å²) in [5, 5.41) is 6.47. The number of carbonyl (C=O) groups excluding carboxylic acids is 3. The van der Waals surface area contributed by atoms with Crippen LogP contribution in [0, 0.1) is 0 Å². The van der Waals surface area contributed by atoms with Crippen molar-refractivity contribution in [2.45, 2.75) is 6.42 Å². The number of carbonyl (C=O) groups is 3. The maximum atomic E-state index is 12.4. The Bertz CT molecular complexity index is 1150. The second kappa shape index (κ2) is 8.14. The molecule has 0 aliphatic carbocycles. The third-order valence-electron chi connectivity index (χ3n) is 4.52. The molecule has 0 bridgehead atoms. The standard InChI is InChI=1S/C21H16ClN3O3S/c22-15-5-6-17-16(10-15)14(11-24-17)7-8-23-19(26)13-3-1-12(2-4-13)9-18-20(27)25-21(28)29-18/h1-6,9-11,24H,7-8H2,(H,23,26)(H,25,27,28). The third-order valence-corrected chi connectivity index (χ3v) is 5.57. The van der Waals surface area contributed by atoms with Crippen LogP contribution in [-0.4, -0.2) is 28.6 Å². The molecule has 1 aliphatic rings. The lowest BCUT2D eigenvalue weighted by molar-refractivity contribution is -0.115. The number of aromatic nitrogens is 1. The van der Waals surface area contributed by atoms with Crippen molar-refractivity contribution < 1.29 is 14.4 Å². The van der Waals surface area contributed by atoms with E-state index in [9.17, 15) is 14.4 Å². The molecule has 3 aromatic rings. The third kappa shape index (κ3) is 4.36. The summed E-state index contributed by atoms with van der Waals surface area (Å²) < 4.78 is 0. The number of nitrogens with one attached hydrogen (secondary N) is 3. The van der Waals surface area contributed by atoms with E-state index in [-0.39, 0.29) is 11.1 Å². The molecular formula is C21H16ClN3O3S. The van der Waals surface area contributed by atoms with Crippen LogP contribution in [0.1, 0.15) is 21.5 Å². The number of fused-ring (bicyclic) bond motifs is 1. The van der Waals surface area contributed by atoms with E-state index >= 15 is 0 Å². The van der Waals surface area contributed by atoms with E-state index in [0.717, 1.165) is 33.8 Å². The topological polar surface area (TPSA) is 91.1 Å². The van der Waals surface area contributed by atoms with Crippen LogP contribution in [0.25, 0.3) is 17.0 Å². The molecule has 6 nitrogen and oxygen atoms in total. The van der Waals surface area contributed by atoms with Gasteiger partial charge in [0, 0.05) is 34.2 Å². The highest BCUT2D eigenvalue weighted by atomic mass is 35.5. The Morgan fingerprint density at radius 3 is 2.66 bits per heavy atom. The van der Waals surface area contributed by atoms with E-state index in [0.29, 0.717) is 28.5 Å². The van der Waals surface area contributed by atoms with Gasteiger partial charge in [-0.1, -0.05) is 23.7 Å². The van der Waals surface area contributed by atoms with Gasteiger partial charge in [-0.2, -0.15) is 0 Å². The molecule has 1 aromatic heterocycles. The lowest BCUT2D eigenvalue weighted by atomic mass is 10.1. The summed E-state index contributed by atoms with van der Waals surface area (Å²) in [4.78, 5) is 38.7. The Balaban J connectivity index is 1.36. The smallest absolute Gasteiger partial charge is 0.290 e. The number of hydrogen-bond acceptors (Lipinski definition) is 4. The molecular weight excluding hydrogens is 410 g/mol. The summed E-state index contributed by atoms with van der Waals surface area (Å²) in [7, 11) is 0. The zero-order chi connectivity index (χ0) is 20.4. The van der Waals surface area contributed by atoms with Gasteiger partial charge in [-0.15, -0.1) is 0 Å². The predicted octanol–water partition coefficient (Wildman–Crippen LogP) is 4.12. The minimum absolute atomic E-state index is 0.176. The lowest BCUT2D eigenvalue weighted by Gasteiger charge is -2.06. The van der Waals surface area contributed by atoms with Crippen molar-refractivity contribution in [3.63, 3.8) is 0 Å². The molecule has 2 aromatic carbocycles. The second-order valence-corrected chi connectivity index (χ2v) is 7.94. The van der Waals surface area contributed by atoms with Crippen LogP contribution < -0.4 is 10.6 Å². The van der Waals surface area contributed by atoms with Gasteiger partial charge >= 0.3 is 0 Å². The molecule has 1 fully saturated rings. The molecule has 1 aliphatic heterocycles. The number of halogens is 1. The highest BCUT2D eigenvalue weighted by molar-refractivity contribution is 8.18. The van der Waals surface area contributed by atoms with Crippen LogP contribution in [0.3, 0.4) is 0 Å². The van der Waals surface area contributed by atoms with Crippen molar-refractivity contribution in [1.82, 2.24) is 15.6 Å². The molecule has 1 saturated heterocycles. The second-order valence-electron chi connectivity index (χ2n) is 6.48. The number of imide groups is 1. The molecule has 146 valence electrons. The average Bonchev–Trinajstić information content (AvgIpc) is 3.24. The number of aromatic amines is 1. The summed E-state index contributed by atoms with van der Waals surface area (Å²) in [5.41, 5.74) is 3.36. The van der Waals surface area contributed by atoms with Gasteiger partial charge in [0.1, 0.15) is 0 Å². The molecule has 0 atom stereocenters. The fourth-order valence-electron chi connectivity index (χ4n) is 3.07. The van der Waals surface area contributed by atoms with Gasteiger partial charge in [0.15, 0.2) is 0 Å². The maximum Gasteiger partial charge on any atom is 0.290 e. The first-order chi connectivity index (χ1) is 14.0. The Kier molecular flexibility index (Phi) is 5.42. The van der Waals surface area contributed by atoms with Crippen LogP contribution in [0.5, 0.6) is 0 Å². The minimum Gasteiger partial charge on any atom is -0.361 e. The zero-order valence-electron chi connectivity index (χ0n) is 15.1. The molecule has 4 rings (SSSR count). The number of benzene rings is 2. The number of hydrogen-bond donors (Lipinski definition) is 3. The highest BCUT2D eigenvalue weighted by Crippen LogP contribution is 2.25. The van der Waals surface area contributed by atoms with Crippen molar-refractivity contribution in [2.24, 2.45) is 0 Å². The molecule has 0 unspecified atom stereocenters. The van der Waals surface area contributed by atoms with Crippen molar-refractivity contribution in [1.29, 1.82) is 0 Å². The van der Waals surface area contributed by atoms with Gasteiger partial charge in [0.25, 0.3) is 17.1 Å². The Hall–Kier alpha value is -3.03. The predicted molar refractivity (Wildman–Crippen MR) is 115 cm³/mol. The molecule has 2 heterocycles. The summed E-state index contributed by atoms with van der Waals surface area (Å²) in [5.74, 6) is -0.578. The Morgan fingerprint density at radius 1 is 1.14 bits per heavy atom. The van der Waals surface area contributed by atoms with Crippen LogP contribution in [0.2, 0.25) is 5.02 Å². The van der Waals surface area contributed by atoms with Crippen molar-refractivity contribution in [2.75, 3.05) is 6.54 Å². The monoisotopic (exact) mass is 425 g/mol. The quantitative estimate of drug-likeness (QED) is 0.536. The average molecular weight is 426 g/mol. The number of amides is 3. The summed E-state index contributed by atoms with van der Waals surface area (Å²) in [6, 6.07) is 12.5. The van der Waals surface area contributed by atoms with E-state index in [1.54, 1.807) is 30.3 Å². The molecule has 8 heteroatoms. The molecule has 29 heavy (non-hydrogen) atoms. The van der Waals surface area contributed by atoms with Gasteiger partial charge in [-0.05, 0) is 65.7 Å². The maximum absolute atomic E-state index is 12.4. The molecule has 0 saturated carbocycles. The van der Waals surface area contributed by atoms with Gasteiger partial charge < -0.3 is 10.3 Å². The Morgan fingerprint density at radius 2 is 1.93 bits per heavy atom. The largest absolute Gasteiger partial charge is 0.361 e. The van der Waals surface area contributed by atoms with Crippen molar-refractivity contribution >= 4 is 57.4 Å². The van der Waals surface area contributed by atoms with Crippen LogP contribution >= 0.6 is 23.4 Å². The van der Waals surface area contributed by atoms with Crippen molar-refractivity contribution in [3.05, 3.63) is 75.3 Å². The number of rotatable bonds is 5. The SMILES string of the molecule is O=C1NC(=O)C(=Cc2ccc(C(=O)NCCc3c[nH]c4ccc(Cl)cc34)cc2)S1. The first-order valence-corrected chi connectivity index (χ1v) is 10.1. The fraction of sp³-hybridized carbons (Fsp3) is 0.0952. The van der Waals surface area contributed by atoms with E-state index < -0.39 is 5.91 Å². The summed E-state index contributed by atoms with van der Waals surface area (Å²) in [6.45, 7) is 0.489. The van der Waals surface area contributed by atoms with E-state index in [1.807, 2.05) is 24.4 Å². The molecule has 0 radical (unpaired) electrons. The number of thioether (sulfide) groups is 1. The van der Waals surface area contributed by atoms with Crippen LogP contribution in [0.4, 0.5) is 4.79 Å². The zero-order valence-corrected chi connectivity index (χ0v) is 16.7. The highest BCUT2D eigenvalue weighted by Gasteiger charge is 2.24. The van der Waals surface area contributed by atoms with Gasteiger partial charge in [0.05, 0.1) is 4.91 Å². The summed E-state index contributed by atoms with van der Waals surface area (Å²) >= 11 is 6.93. The normalized spacial score (nSPS) is 15.1. The minimum atomic E-state index is -0.402. The molecule has 3 N–H and O–H groups in total. The number of H-pyrrole nitrogens is 1. The van der Waals surface area contributed by atoms with E-state index in [1.165, 1.54) is 0 Å². The van der Waals surface area contributed by atoms with Gasteiger partial charge in [-0.25, -0.2) is 0 Å². The van der Waals surface area contributed by atoms with Gasteiger partial charge in [-0.3, -0.25) is 19.7 Å². The van der Waals surface area contributed by atoms with Crippen LogP contribution in [-0.2, 0) is 11.2 Å². The molecule has 0 spiro atoms. The summed E-state index contributed by atoms with van der Waals surface area (Å²) in [6.07, 6.45) is 4.22. The van der Waals surface area contributed by atoms with Crippen LogP contribution in [0.15, 0.2) is 53.6 Å². The Labute approximate surface area is 175 Å². The lowest BCUT2D eigenvalue weighted by Crippen LogP contribution is -2.25. The molecule has 3 amide bonds. The van der Waals surface area contributed by atoms with E-state index in [4.69, 9.17) is 11.6 Å². The first kappa shape index (κ1) is 19.3.